The molecule has 1 spiro atoms. The molecule has 0 amide bonds. The zero-order valence-electron chi connectivity index (χ0n) is 20.7. The van der Waals surface area contributed by atoms with Gasteiger partial charge in [-0.15, -0.1) is 10.2 Å². The van der Waals surface area contributed by atoms with Crippen molar-refractivity contribution in [2.24, 2.45) is 5.41 Å². The Morgan fingerprint density at radius 1 is 1.05 bits per heavy atom. The zero-order chi connectivity index (χ0) is 25.7. The minimum atomic E-state index is -1.31. The van der Waals surface area contributed by atoms with Gasteiger partial charge in [-0.1, -0.05) is 35.4 Å². The molecule has 8 rings (SSSR count). The second-order valence-corrected chi connectivity index (χ2v) is 13.7. The first-order valence-electron chi connectivity index (χ1n) is 12.9. The molecule has 10 heteroatoms. The van der Waals surface area contributed by atoms with Gasteiger partial charge in [0.25, 0.3) is 0 Å². The predicted molar refractivity (Wildman–Crippen MR) is 150 cm³/mol. The van der Waals surface area contributed by atoms with Gasteiger partial charge in [-0.25, -0.2) is 13.9 Å². The maximum atomic E-state index is 13.3. The van der Waals surface area contributed by atoms with E-state index in [1.165, 1.54) is 5.56 Å². The second kappa shape index (κ2) is 7.91. The molecule has 3 aromatic heterocycles. The molecule has 3 aliphatic carbocycles. The van der Waals surface area contributed by atoms with E-state index in [1.807, 2.05) is 24.4 Å². The minimum absolute atomic E-state index is 0.0615. The number of nitrogens with one attached hydrogen (secondary N) is 1. The summed E-state index contributed by atoms with van der Waals surface area (Å²) in [6, 6.07) is 18.0. The van der Waals surface area contributed by atoms with E-state index < -0.39 is 11.0 Å². The molecule has 0 aliphatic heterocycles. The summed E-state index contributed by atoms with van der Waals surface area (Å²) in [6.07, 6.45) is 9.09. The number of fused-ring (bicyclic) bond motifs is 3. The highest BCUT2D eigenvalue weighted by Gasteiger charge is 2.85. The van der Waals surface area contributed by atoms with Gasteiger partial charge in [0.2, 0.25) is 0 Å². The highest BCUT2D eigenvalue weighted by Crippen LogP contribution is 2.83. The Kier molecular flexibility index (Phi) is 4.83. The van der Waals surface area contributed by atoms with Crippen LogP contribution in [-0.2, 0) is 16.4 Å². The van der Waals surface area contributed by atoms with E-state index in [4.69, 9.17) is 21.7 Å². The van der Waals surface area contributed by atoms with E-state index in [0.717, 1.165) is 64.5 Å². The van der Waals surface area contributed by atoms with Crippen molar-refractivity contribution in [1.82, 2.24) is 28.3 Å². The van der Waals surface area contributed by atoms with Crippen LogP contribution in [0, 0.1) is 12.3 Å². The van der Waals surface area contributed by atoms with Crippen LogP contribution in [0.15, 0.2) is 76.8 Å². The molecule has 192 valence electrons. The Morgan fingerprint density at radius 3 is 2.68 bits per heavy atom. The Morgan fingerprint density at radius 2 is 1.89 bits per heavy atom. The molecular formula is C28H25ClN6OS2. The summed E-state index contributed by atoms with van der Waals surface area (Å²) in [4.78, 5) is 6.64. The molecule has 0 saturated heterocycles. The van der Waals surface area contributed by atoms with Crippen molar-refractivity contribution in [3.63, 3.8) is 0 Å². The van der Waals surface area contributed by atoms with Gasteiger partial charge in [-0.05, 0) is 87.4 Å². The van der Waals surface area contributed by atoms with E-state index in [9.17, 15) is 4.21 Å². The molecule has 2 aromatic carbocycles. The fraction of sp³-hybridized carbons (Fsp3) is 0.321. The Labute approximate surface area is 231 Å². The largest absolute Gasteiger partial charge is 0.274 e. The fourth-order valence-corrected chi connectivity index (χ4v) is 9.61. The van der Waals surface area contributed by atoms with E-state index >= 15 is 0 Å². The first kappa shape index (κ1) is 23.2. The van der Waals surface area contributed by atoms with Crippen LogP contribution in [-0.4, -0.2) is 33.3 Å². The van der Waals surface area contributed by atoms with E-state index in [0.29, 0.717) is 5.02 Å². The molecule has 1 N–H and O–H groups in total. The van der Waals surface area contributed by atoms with Gasteiger partial charge in [0.05, 0.1) is 16.6 Å². The summed E-state index contributed by atoms with van der Waals surface area (Å²) in [7, 11) is -1.31. The zero-order valence-corrected chi connectivity index (χ0v) is 23.1. The smallest absolute Gasteiger partial charge is 0.179 e. The van der Waals surface area contributed by atoms with E-state index in [1.54, 1.807) is 18.0 Å². The fourth-order valence-electron chi connectivity index (χ4n) is 7.24. The number of benzene rings is 2. The number of aromatic nitrogens is 5. The summed E-state index contributed by atoms with van der Waals surface area (Å²) in [5, 5.41) is 9.95. The summed E-state index contributed by atoms with van der Waals surface area (Å²) in [6.45, 7) is 2.10. The minimum Gasteiger partial charge on any atom is -0.274 e. The van der Waals surface area contributed by atoms with Crippen LogP contribution in [0.2, 0.25) is 5.02 Å². The monoisotopic (exact) mass is 560 g/mol. The molecular weight excluding hydrogens is 536 g/mol. The lowest BCUT2D eigenvalue weighted by atomic mass is 9.57. The molecule has 3 heterocycles. The molecule has 3 saturated carbocycles. The van der Waals surface area contributed by atoms with Crippen LogP contribution < -0.4 is 4.72 Å². The average Bonchev–Trinajstić information content (AvgIpc) is 3.12. The lowest BCUT2D eigenvalue weighted by Gasteiger charge is -2.47. The standard InChI is InChI=1S/C28H25ClN6OS2/c1-18-5-7-20(8-6-18)37-34-14-9-22-24(34)30-16-23-31-32-25(35(22)23)26-10-12-27(26)17-28(27,13-11-26)33-38(36)21-4-2-3-19(29)15-21/h2-9,14-16,33H,10-13,17H2,1H3. The van der Waals surface area contributed by atoms with E-state index in [-0.39, 0.29) is 16.4 Å². The lowest BCUT2D eigenvalue weighted by Crippen LogP contribution is -2.49. The molecule has 7 nitrogen and oxygen atoms in total. The number of rotatable bonds is 6. The lowest BCUT2D eigenvalue weighted by molar-refractivity contribution is 0.0936. The Balaban J connectivity index is 1.16. The summed E-state index contributed by atoms with van der Waals surface area (Å²) in [5.74, 6) is 1.03. The molecule has 3 aliphatic rings. The van der Waals surface area contributed by atoms with Crippen molar-refractivity contribution >= 4 is 51.3 Å². The van der Waals surface area contributed by atoms with Crippen molar-refractivity contribution in [3.8, 4) is 0 Å². The van der Waals surface area contributed by atoms with Gasteiger partial charge in [0.15, 0.2) is 11.3 Å². The van der Waals surface area contributed by atoms with Crippen molar-refractivity contribution in [2.45, 2.75) is 59.8 Å². The highest BCUT2D eigenvalue weighted by molar-refractivity contribution is 7.98. The number of hydrogen-bond acceptors (Lipinski definition) is 5. The molecule has 3 fully saturated rings. The molecule has 0 bridgehead atoms. The van der Waals surface area contributed by atoms with Gasteiger partial charge >= 0.3 is 0 Å². The van der Waals surface area contributed by atoms with Crippen LogP contribution in [0.5, 0.6) is 0 Å². The summed E-state index contributed by atoms with van der Waals surface area (Å²) < 4.78 is 21.2. The van der Waals surface area contributed by atoms with Gasteiger partial charge in [0.1, 0.15) is 16.8 Å². The van der Waals surface area contributed by atoms with Crippen molar-refractivity contribution in [2.75, 3.05) is 0 Å². The third-order valence-corrected chi connectivity index (χ3v) is 11.7. The van der Waals surface area contributed by atoms with Crippen molar-refractivity contribution in [3.05, 3.63) is 83.4 Å². The molecule has 0 radical (unpaired) electrons. The third-order valence-electron chi connectivity index (χ3n) is 9.26. The van der Waals surface area contributed by atoms with Crippen LogP contribution in [0.25, 0.3) is 16.8 Å². The second-order valence-electron chi connectivity index (χ2n) is 11.0. The number of nitrogens with zero attached hydrogens (tertiary/aromatic N) is 5. The SMILES string of the molecule is Cc1ccc(Sn2ccc3c2ncc2nnc(C45CCC6(NS(=O)c7cccc(Cl)c7)CC64CC5)n23)cc1. The summed E-state index contributed by atoms with van der Waals surface area (Å²) >= 11 is 7.82. The maximum absolute atomic E-state index is 13.3. The van der Waals surface area contributed by atoms with Gasteiger partial charge in [-0.3, -0.25) is 8.37 Å². The van der Waals surface area contributed by atoms with Gasteiger partial charge < -0.3 is 0 Å². The summed E-state index contributed by atoms with van der Waals surface area (Å²) in [5.41, 5.74) is 3.79. The first-order valence-corrected chi connectivity index (χ1v) is 15.2. The van der Waals surface area contributed by atoms with E-state index in [2.05, 4.69) is 61.6 Å². The Hall–Kier alpha value is -2.72. The number of halogens is 1. The van der Waals surface area contributed by atoms with Crippen LogP contribution in [0.3, 0.4) is 0 Å². The van der Waals surface area contributed by atoms with Crippen molar-refractivity contribution in [1.29, 1.82) is 0 Å². The number of hydrogen-bond donors (Lipinski definition) is 1. The van der Waals surface area contributed by atoms with Gasteiger partial charge in [0, 0.05) is 32.5 Å². The highest BCUT2D eigenvalue weighted by atomic mass is 35.5. The van der Waals surface area contributed by atoms with Crippen LogP contribution >= 0.6 is 23.5 Å². The number of aryl methyl sites for hydroxylation is 1. The van der Waals surface area contributed by atoms with Crippen molar-refractivity contribution < 1.29 is 4.21 Å². The quantitative estimate of drug-likeness (QED) is 0.281. The Bertz CT molecular complexity index is 1780. The topological polar surface area (TPSA) is 77.1 Å². The normalized spacial score (nSPS) is 28.3. The third kappa shape index (κ3) is 3.01. The molecule has 38 heavy (non-hydrogen) atoms. The maximum Gasteiger partial charge on any atom is 0.179 e. The van der Waals surface area contributed by atoms with Crippen LogP contribution in [0.4, 0.5) is 0 Å². The average molecular weight is 561 g/mol. The predicted octanol–water partition coefficient (Wildman–Crippen LogP) is 5.86. The molecule has 4 unspecified atom stereocenters. The van der Waals surface area contributed by atoms with Crippen LogP contribution in [0.1, 0.15) is 43.5 Å². The molecule has 4 atom stereocenters. The first-order chi connectivity index (χ1) is 18.4. The van der Waals surface area contributed by atoms with Gasteiger partial charge in [-0.2, -0.15) is 0 Å². The molecule has 5 aromatic rings.